The molecule has 2 rings (SSSR count). The van der Waals surface area contributed by atoms with Crippen LogP contribution in [-0.2, 0) is 0 Å². The minimum absolute atomic E-state index is 0.316. The van der Waals surface area contributed by atoms with Gasteiger partial charge in [-0.25, -0.2) is 0 Å². The van der Waals surface area contributed by atoms with Gasteiger partial charge in [-0.15, -0.1) is 0 Å². The maximum absolute atomic E-state index is 4.53. The summed E-state index contributed by atoms with van der Waals surface area (Å²) in [6.45, 7) is 11.1. The van der Waals surface area contributed by atoms with Crippen LogP contribution in [0.4, 0.5) is 0 Å². The lowest BCUT2D eigenvalue weighted by atomic mass is 10.1. The molecular formula is C15H26N4. The number of nitrogens with one attached hydrogen (secondary N) is 1. The Hall–Kier alpha value is -1.00. The maximum atomic E-state index is 4.53. The molecule has 2 heterocycles. The van der Waals surface area contributed by atoms with Crippen LogP contribution in [0.3, 0.4) is 0 Å². The average molecular weight is 262 g/mol. The number of nitrogens with zero attached hydrogens (tertiary/aromatic N) is 3. The number of hydrogen-bond acceptors (Lipinski definition) is 4. The fraction of sp³-hybridized carbons (Fsp3) is 0.733. The van der Waals surface area contributed by atoms with Crippen molar-refractivity contribution in [2.24, 2.45) is 0 Å². The Bertz CT molecular complexity index is 399. The van der Waals surface area contributed by atoms with Crippen molar-refractivity contribution < 1.29 is 0 Å². The lowest BCUT2D eigenvalue weighted by Crippen LogP contribution is -2.43. The van der Waals surface area contributed by atoms with E-state index in [2.05, 4.69) is 41.0 Å². The van der Waals surface area contributed by atoms with Crippen LogP contribution in [0.2, 0.25) is 0 Å². The second-order valence-electron chi connectivity index (χ2n) is 5.79. The molecule has 1 fully saturated rings. The first-order valence-electron chi connectivity index (χ1n) is 7.36. The smallest absolute Gasteiger partial charge is 0.0784 e. The van der Waals surface area contributed by atoms with Gasteiger partial charge >= 0.3 is 0 Å². The molecule has 0 radical (unpaired) electrons. The van der Waals surface area contributed by atoms with Crippen LogP contribution in [-0.4, -0.2) is 40.0 Å². The summed E-state index contributed by atoms with van der Waals surface area (Å²) < 4.78 is 0. The normalized spacial score (nSPS) is 21.3. The highest BCUT2D eigenvalue weighted by Gasteiger charge is 2.25. The number of aryl methyl sites for hydroxylation is 1. The highest BCUT2D eigenvalue weighted by Crippen LogP contribution is 2.23. The summed E-state index contributed by atoms with van der Waals surface area (Å²) in [6, 6.07) is 1.46. The zero-order chi connectivity index (χ0) is 13.8. The van der Waals surface area contributed by atoms with Crippen molar-refractivity contribution in [2.45, 2.75) is 58.7 Å². The molecule has 19 heavy (non-hydrogen) atoms. The Kier molecular flexibility index (Phi) is 4.88. The quantitative estimate of drug-likeness (QED) is 0.884. The minimum Gasteiger partial charge on any atom is -0.313 e. The van der Waals surface area contributed by atoms with Crippen LogP contribution in [0.5, 0.6) is 0 Å². The molecule has 1 aromatic heterocycles. The van der Waals surface area contributed by atoms with Crippen LogP contribution in [0, 0.1) is 6.92 Å². The summed E-state index contributed by atoms with van der Waals surface area (Å²) in [5.74, 6) is 0. The van der Waals surface area contributed by atoms with Gasteiger partial charge in [-0.05, 0) is 47.1 Å². The number of hydrogen-bond donors (Lipinski definition) is 1. The molecule has 0 aliphatic carbocycles. The molecule has 0 saturated carbocycles. The third-order valence-electron chi connectivity index (χ3n) is 4.07. The highest BCUT2D eigenvalue weighted by molar-refractivity contribution is 5.13. The molecule has 2 unspecified atom stereocenters. The first kappa shape index (κ1) is 14.4. The van der Waals surface area contributed by atoms with Crippen LogP contribution >= 0.6 is 0 Å². The van der Waals surface area contributed by atoms with E-state index in [9.17, 15) is 0 Å². The monoisotopic (exact) mass is 262 g/mol. The third kappa shape index (κ3) is 3.51. The molecule has 4 heteroatoms. The fourth-order valence-corrected chi connectivity index (χ4v) is 2.97. The van der Waals surface area contributed by atoms with Gasteiger partial charge in [0.1, 0.15) is 0 Å². The lowest BCUT2D eigenvalue weighted by Gasteiger charge is -2.34. The highest BCUT2D eigenvalue weighted by atomic mass is 15.2. The van der Waals surface area contributed by atoms with Crippen molar-refractivity contribution in [1.82, 2.24) is 20.2 Å². The van der Waals surface area contributed by atoms with Gasteiger partial charge in [0.15, 0.2) is 0 Å². The van der Waals surface area contributed by atoms with E-state index < -0.39 is 0 Å². The second kappa shape index (κ2) is 6.44. The summed E-state index contributed by atoms with van der Waals surface area (Å²) in [6.07, 6.45) is 6.15. The number of aromatic nitrogens is 2. The zero-order valence-corrected chi connectivity index (χ0v) is 12.6. The molecule has 1 saturated heterocycles. The van der Waals surface area contributed by atoms with Crippen LogP contribution < -0.4 is 5.32 Å². The van der Waals surface area contributed by atoms with E-state index in [0.717, 1.165) is 24.5 Å². The summed E-state index contributed by atoms with van der Waals surface area (Å²) in [7, 11) is 0. The second-order valence-corrected chi connectivity index (χ2v) is 5.79. The van der Waals surface area contributed by atoms with Crippen LogP contribution in [0.15, 0.2) is 12.4 Å². The van der Waals surface area contributed by atoms with Crippen molar-refractivity contribution in [3.8, 4) is 0 Å². The molecule has 1 aromatic rings. The SMILES string of the molecule is Cc1nccnc1C(C)N(CC1CCCN1)C(C)C. The standard InChI is InChI=1S/C15H26N4/c1-11(2)19(10-14-6-5-7-17-14)13(4)15-12(3)16-8-9-18-15/h8-9,11,13-14,17H,5-7,10H2,1-4H3. The van der Waals surface area contributed by atoms with Gasteiger partial charge in [0.25, 0.3) is 0 Å². The molecule has 1 N–H and O–H groups in total. The van der Waals surface area contributed by atoms with E-state index >= 15 is 0 Å². The van der Waals surface area contributed by atoms with E-state index in [0.29, 0.717) is 18.1 Å². The Morgan fingerprint density at radius 3 is 2.63 bits per heavy atom. The molecule has 4 nitrogen and oxygen atoms in total. The Balaban J connectivity index is 2.11. The Morgan fingerprint density at radius 2 is 2.05 bits per heavy atom. The summed E-state index contributed by atoms with van der Waals surface area (Å²) in [5, 5.41) is 3.59. The van der Waals surface area contributed by atoms with Gasteiger partial charge in [-0.2, -0.15) is 0 Å². The van der Waals surface area contributed by atoms with Crippen molar-refractivity contribution in [3.05, 3.63) is 23.8 Å². The van der Waals surface area contributed by atoms with E-state index in [1.54, 1.807) is 12.4 Å². The van der Waals surface area contributed by atoms with Gasteiger partial charge < -0.3 is 5.32 Å². The predicted octanol–water partition coefficient (Wildman–Crippen LogP) is 2.31. The Morgan fingerprint density at radius 1 is 1.32 bits per heavy atom. The molecule has 106 valence electrons. The molecule has 0 spiro atoms. The summed E-state index contributed by atoms with van der Waals surface area (Å²) in [5.41, 5.74) is 2.15. The van der Waals surface area contributed by atoms with Crippen LogP contribution in [0.25, 0.3) is 0 Å². The van der Waals surface area contributed by atoms with E-state index in [-0.39, 0.29) is 0 Å². The van der Waals surface area contributed by atoms with Crippen molar-refractivity contribution >= 4 is 0 Å². The first-order valence-corrected chi connectivity index (χ1v) is 7.36. The van der Waals surface area contributed by atoms with Gasteiger partial charge in [-0.3, -0.25) is 14.9 Å². The fourth-order valence-electron chi connectivity index (χ4n) is 2.97. The maximum Gasteiger partial charge on any atom is 0.0784 e. The van der Waals surface area contributed by atoms with Gasteiger partial charge in [0, 0.05) is 31.0 Å². The zero-order valence-electron chi connectivity index (χ0n) is 12.6. The number of rotatable bonds is 5. The third-order valence-corrected chi connectivity index (χ3v) is 4.07. The van der Waals surface area contributed by atoms with Crippen molar-refractivity contribution in [1.29, 1.82) is 0 Å². The van der Waals surface area contributed by atoms with Crippen LogP contribution in [0.1, 0.15) is 51.0 Å². The Labute approximate surface area is 116 Å². The molecule has 0 aromatic carbocycles. The van der Waals surface area contributed by atoms with Gasteiger partial charge in [0.2, 0.25) is 0 Å². The summed E-state index contributed by atoms with van der Waals surface area (Å²) in [4.78, 5) is 11.4. The van der Waals surface area contributed by atoms with Crippen molar-refractivity contribution in [2.75, 3.05) is 13.1 Å². The van der Waals surface area contributed by atoms with Crippen molar-refractivity contribution in [3.63, 3.8) is 0 Å². The van der Waals surface area contributed by atoms with E-state index in [1.165, 1.54) is 12.8 Å². The molecule has 0 amide bonds. The summed E-state index contributed by atoms with van der Waals surface area (Å²) >= 11 is 0. The van der Waals surface area contributed by atoms with E-state index in [1.807, 2.05) is 6.92 Å². The minimum atomic E-state index is 0.316. The molecular weight excluding hydrogens is 236 g/mol. The van der Waals surface area contributed by atoms with E-state index in [4.69, 9.17) is 0 Å². The molecule has 2 atom stereocenters. The topological polar surface area (TPSA) is 41.1 Å². The molecule has 0 bridgehead atoms. The average Bonchev–Trinajstić information content (AvgIpc) is 2.88. The lowest BCUT2D eigenvalue weighted by molar-refractivity contribution is 0.146. The van der Waals surface area contributed by atoms with Gasteiger partial charge in [0.05, 0.1) is 17.4 Å². The molecule has 1 aliphatic rings. The first-order chi connectivity index (χ1) is 9.09. The predicted molar refractivity (Wildman–Crippen MR) is 78.1 cm³/mol. The largest absolute Gasteiger partial charge is 0.313 e. The van der Waals surface area contributed by atoms with Gasteiger partial charge in [-0.1, -0.05) is 0 Å². The molecule has 1 aliphatic heterocycles.